The first-order chi connectivity index (χ1) is 13.7. The van der Waals surface area contributed by atoms with Crippen LogP contribution in [0.1, 0.15) is 5.69 Å². The van der Waals surface area contributed by atoms with Gasteiger partial charge in [0, 0.05) is 23.1 Å². The largest absolute Gasteiger partial charge is 0.436 e. The van der Waals surface area contributed by atoms with E-state index in [9.17, 15) is 4.79 Å². The van der Waals surface area contributed by atoms with Gasteiger partial charge in [-0.05, 0) is 41.1 Å². The van der Waals surface area contributed by atoms with Crippen molar-refractivity contribution >= 4 is 45.9 Å². The second kappa shape index (κ2) is 7.77. The van der Waals surface area contributed by atoms with Crippen LogP contribution in [-0.2, 0) is 11.2 Å². The highest BCUT2D eigenvalue weighted by Gasteiger charge is 2.11. The maximum absolute atomic E-state index is 12.2. The predicted octanol–water partition coefficient (Wildman–Crippen LogP) is 4.97. The van der Waals surface area contributed by atoms with Gasteiger partial charge in [0.25, 0.3) is 0 Å². The highest BCUT2D eigenvalue weighted by Crippen LogP contribution is 2.28. The summed E-state index contributed by atoms with van der Waals surface area (Å²) < 4.78 is 5.91. The fourth-order valence-corrected chi connectivity index (χ4v) is 3.21. The van der Waals surface area contributed by atoms with Gasteiger partial charge in [0.15, 0.2) is 5.58 Å². The van der Waals surface area contributed by atoms with Crippen molar-refractivity contribution in [1.82, 2.24) is 15.0 Å². The molecule has 6 nitrogen and oxygen atoms in total. The summed E-state index contributed by atoms with van der Waals surface area (Å²) >= 11 is 0. The van der Waals surface area contributed by atoms with Gasteiger partial charge < -0.3 is 14.7 Å². The molecule has 0 spiro atoms. The van der Waals surface area contributed by atoms with Crippen LogP contribution in [0.25, 0.3) is 33.3 Å². The molecular weight excluding hydrogens is 388 g/mol. The lowest BCUT2D eigenvalue weighted by Gasteiger charge is -2.03. The summed E-state index contributed by atoms with van der Waals surface area (Å²) in [7, 11) is 0. The number of benzene rings is 3. The quantitative estimate of drug-likeness (QED) is 0.442. The molecule has 0 saturated carbocycles. The van der Waals surface area contributed by atoms with Gasteiger partial charge >= 0.3 is 0 Å². The third-order valence-electron chi connectivity index (χ3n) is 4.57. The molecule has 0 atom stereocenters. The monoisotopic (exact) mass is 404 g/mol. The molecule has 7 heteroatoms. The summed E-state index contributed by atoms with van der Waals surface area (Å²) in [5.74, 6) is 0.434. The molecule has 5 aromatic rings. The zero-order valence-electron chi connectivity index (χ0n) is 15.3. The van der Waals surface area contributed by atoms with Crippen molar-refractivity contribution < 1.29 is 9.21 Å². The Balaban J connectivity index is 0.00000205. The number of aromatic amines is 1. The van der Waals surface area contributed by atoms with Crippen molar-refractivity contribution in [3.8, 4) is 11.5 Å². The molecule has 1 amide bonds. The summed E-state index contributed by atoms with van der Waals surface area (Å²) in [6.07, 6.45) is 3.42. The van der Waals surface area contributed by atoms with Crippen LogP contribution in [0.5, 0.6) is 0 Å². The molecule has 0 unspecified atom stereocenters. The lowest BCUT2D eigenvalue weighted by molar-refractivity contribution is -0.115. The van der Waals surface area contributed by atoms with Crippen molar-refractivity contribution in [3.05, 3.63) is 78.9 Å². The van der Waals surface area contributed by atoms with Gasteiger partial charge in [-0.1, -0.05) is 30.3 Å². The maximum Gasteiger partial charge on any atom is 0.230 e. The summed E-state index contributed by atoms with van der Waals surface area (Å²) in [6.45, 7) is 0. The predicted molar refractivity (Wildman–Crippen MR) is 115 cm³/mol. The molecule has 3 aromatic carbocycles. The minimum Gasteiger partial charge on any atom is -0.436 e. The molecule has 0 fully saturated rings. The topological polar surface area (TPSA) is 83.8 Å². The molecule has 29 heavy (non-hydrogen) atoms. The first kappa shape index (κ1) is 18.7. The van der Waals surface area contributed by atoms with Crippen LogP contribution >= 0.6 is 12.4 Å². The molecule has 5 rings (SSSR count). The van der Waals surface area contributed by atoms with Gasteiger partial charge in [-0.2, -0.15) is 0 Å². The zero-order valence-corrected chi connectivity index (χ0v) is 16.1. The van der Waals surface area contributed by atoms with Crippen LogP contribution in [0.3, 0.4) is 0 Å². The standard InChI is InChI=1S/C22H16N4O2.ClH/c27-21(11-18-12-23-13-24-18)25-17-7-8-20-19(10-17)26-22(28-20)16-6-5-14-3-1-2-4-15(14)9-16;/h1-10,12-13H,11H2,(H,23,24)(H,25,27);1H. The Morgan fingerprint density at radius 3 is 2.72 bits per heavy atom. The molecule has 0 aliphatic heterocycles. The number of imidazole rings is 1. The molecule has 0 saturated heterocycles. The summed E-state index contributed by atoms with van der Waals surface area (Å²) in [4.78, 5) is 23.6. The Bertz CT molecular complexity index is 1290. The van der Waals surface area contributed by atoms with Crippen molar-refractivity contribution in [2.75, 3.05) is 5.32 Å². The van der Waals surface area contributed by atoms with Crippen LogP contribution in [0.4, 0.5) is 5.69 Å². The molecule has 2 heterocycles. The molecule has 2 aromatic heterocycles. The fourth-order valence-electron chi connectivity index (χ4n) is 3.21. The molecule has 0 radical (unpaired) electrons. The molecule has 2 N–H and O–H groups in total. The number of rotatable bonds is 4. The van der Waals surface area contributed by atoms with E-state index in [-0.39, 0.29) is 24.7 Å². The number of fused-ring (bicyclic) bond motifs is 2. The summed E-state index contributed by atoms with van der Waals surface area (Å²) in [5, 5.41) is 5.18. The van der Waals surface area contributed by atoms with Gasteiger partial charge in [-0.15, -0.1) is 12.4 Å². The minimum absolute atomic E-state index is 0. The fraction of sp³-hybridized carbons (Fsp3) is 0.0455. The molecule has 0 aliphatic carbocycles. The van der Waals surface area contributed by atoms with E-state index in [1.807, 2.05) is 36.4 Å². The average Bonchev–Trinajstić information content (AvgIpc) is 3.36. The lowest BCUT2D eigenvalue weighted by Crippen LogP contribution is -2.14. The average molecular weight is 405 g/mol. The molecule has 144 valence electrons. The zero-order chi connectivity index (χ0) is 18.9. The maximum atomic E-state index is 12.2. The smallest absolute Gasteiger partial charge is 0.230 e. The molecule has 0 aliphatic rings. The third-order valence-corrected chi connectivity index (χ3v) is 4.57. The van der Waals surface area contributed by atoms with Gasteiger partial charge in [0.1, 0.15) is 5.52 Å². The van der Waals surface area contributed by atoms with Crippen LogP contribution in [-0.4, -0.2) is 20.9 Å². The van der Waals surface area contributed by atoms with Crippen molar-refractivity contribution in [1.29, 1.82) is 0 Å². The Kier molecular flexibility index (Phi) is 5.01. The summed E-state index contributed by atoms with van der Waals surface area (Å²) in [6, 6.07) is 19.7. The Morgan fingerprint density at radius 1 is 1.03 bits per heavy atom. The van der Waals surface area contributed by atoms with Crippen LogP contribution in [0, 0.1) is 0 Å². The number of hydrogen-bond donors (Lipinski definition) is 2. The normalized spacial score (nSPS) is 10.8. The number of aromatic nitrogens is 3. The van der Waals surface area contributed by atoms with E-state index in [4.69, 9.17) is 4.42 Å². The Hall–Kier alpha value is -3.64. The third kappa shape index (κ3) is 3.83. The van der Waals surface area contributed by atoms with E-state index < -0.39 is 0 Å². The van der Waals surface area contributed by atoms with Crippen molar-refractivity contribution in [2.24, 2.45) is 0 Å². The SMILES string of the molecule is Cl.O=C(Cc1cnc[nH]1)Nc1ccc2oc(-c3ccc4ccccc4c3)nc2c1. The van der Waals surface area contributed by atoms with Crippen LogP contribution in [0.2, 0.25) is 0 Å². The molecule has 0 bridgehead atoms. The first-order valence-corrected chi connectivity index (χ1v) is 8.91. The van der Waals surface area contributed by atoms with E-state index in [2.05, 4.69) is 44.5 Å². The number of nitrogens with zero attached hydrogens (tertiary/aromatic N) is 2. The number of halogens is 1. The second-order valence-corrected chi connectivity index (χ2v) is 6.57. The van der Waals surface area contributed by atoms with Gasteiger partial charge in [0.05, 0.1) is 12.7 Å². The van der Waals surface area contributed by atoms with Gasteiger partial charge in [-0.25, -0.2) is 9.97 Å². The number of anilines is 1. The van der Waals surface area contributed by atoms with E-state index in [0.29, 0.717) is 22.7 Å². The number of carbonyl (C=O) groups excluding carboxylic acids is 1. The first-order valence-electron chi connectivity index (χ1n) is 8.91. The van der Waals surface area contributed by atoms with Crippen molar-refractivity contribution in [2.45, 2.75) is 6.42 Å². The summed E-state index contributed by atoms with van der Waals surface area (Å²) in [5.41, 5.74) is 3.73. The van der Waals surface area contributed by atoms with E-state index >= 15 is 0 Å². The van der Waals surface area contributed by atoms with E-state index in [0.717, 1.165) is 16.6 Å². The lowest BCUT2D eigenvalue weighted by atomic mass is 10.1. The number of amides is 1. The van der Waals surface area contributed by atoms with Gasteiger partial charge in [0.2, 0.25) is 11.8 Å². The van der Waals surface area contributed by atoms with Crippen LogP contribution < -0.4 is 5.32 Å². The highest BCUT2D eigenvalue weighted by atomic mass is 35.5. The van der Waals surface area contributed by atoms with E-state index in [1.165, 1.54) is 5.39 Å². The van der Waals surface area contributed by atoms with Gasteiger partial charge in [-0.3, -0.25) is 4.79 Å². The number of nitrogens with one attached hydrogen (secondary N) is 2. The van der Waals surface area contributed by atoms with Crippen LogP contribution in [0.15, 0.2) is 77.6 Å². The number of carbonyl (C=O) groups is 1. The van der Waals surface area contributed by atoms with E-state index in [1.54, 1.807) is 12.5 Å². The highest BCUT2D eigenvalue weighted by molar-refractivity contribution is 5.94. The Labute approximate surface area is 172 Å². The van der Waals surface area contributed by atoms with Crippen molar-refractivity contribution in [3.63, 3.8) is 0 Å². The number of H-pyrrole nitrogens is 1. The molecular formula is C22H17ClN4O2. The second-order valence-electron chi connectivity index (χ2n) is 6.57. The minimum atomic E-state index is -0.123. The number of hydrogen-bond acceptors (Lipinski definition) is 4. The Morgan fingerprint density at radius 2 is 1.90 bits per heavy atom. The number of oxazole rings is 1.